The SMILES string of the molecule is N#CCc1cc(C#N)cnc1C(F)F. The van der Waals surface area contributed by atoms with Crippen LogP contribution in [0.2, 0.25) is 0 Å². The molecule has 0 unspecified atom stereocenters. The maximum atomic E-state index is 12.3. The van der Waals surface area contributed by atoms with Crippen molar-refractivity contribution in [3.05, 3.63) is 29.1 Å². The van der Waals surface area contributed by atoms with Crippen LogP contribution >= 0.6 is 0 Å². The molecule has 0 amide bonds. The van der Waals surface area contributed by atoms with E-state index in [0.717, 1.165) is 6.20 Å². The second kappa shape index (κ2) is 4.29. The van der Waals surface area contributed by atoms with Crippen molar-refractivity contribution in [1.82, 2.24) is 4.98 Å². The summed E-state index contributed by atoms with van der Waals surface area (Å²) in [6.45, 7) is 0. The molecule has 70 valence electrons. The molecule has 0 atom stereocenters. The fourth-order valence-corrected chi connectivity index (χ4v) is 1.01. The smallest absolute Gasteiger partial charge is 0.254 e. The number of hydrogen-bond acceptors (Lipinski definition) is 3. The number of nitriles is 2. The number of halogens is 2. The highest BCUT2D eigenvalue weighted by Gasteiger charge is 2.14. The van der Waals surface area contributed by atoms with E-state index in [2.05, 4.69) is 4.98 Å². The second-order valence-corrected chi connectivity index (χ2v) is 2.52. The zero-order chi connectivity index (χ0) is 10.6. The predicted molar refractivity (Wildman–Crippen MR) is 43.2 cm³/mol. The molecule has 1 rings (SSSR count). The van der Waals surface area contributed by atoms with E-state index in [9.17, 15) is 8.78 Å². The minimum Gasteiger partial charge on any atom is -0.254 e. The summed E-state index contributed by atoms with van der Waals surface area (Å²) in [7, 11) is 0. The quantitative estimate of drug-likeness (QED) is 0.721. The first-order valence-corrected chi connectivity index (χ1v) is 3.73. The molecule has 1 heterocycles. The lowest BCUT2D eigenvalue weighted by atomic mass is 10.1. The minimum atomic E-state index is -2.72. The molecule has 0 N–H and O–H groups in total. The van der Waals surface area contributed by atoms with E-state index in [-0.39, 0.29) is 17.5 Å². The Kier molecular flexibility index (Phi) is 3.09. The number of pyridine rings is 1. The van der Waals surface area contributed by atoms with Crippen LogP contribution < -0.4 is 0 Å². The highest BCUT2D eigenvalue weighted by atomic mass is 19.3. The highest BCUT2D eigenvalue weighted by Crippen LogP contribution is 2.21. The second-order valence-electron chi connectivity index (χ2n) is 2.52. The minimum absolute atomic E-state index is 0.113. The lowest BCUT2D eigenvalue weighted by Crippen LogP contribution is -1.98. The Morgan fingerprint density at radius 2 is 2.14 bits per heavy atom. The summed E-state index contributed by atoms with van der Waals surface area (Å²) in [6, 6.07) is 4.78. The van der Waals surface area contributed by atoms with Crippen molar-refractivity contribution in [2.24, 2.45) is 0 Å². The zero-order valence-corrected chi connectivity index (χ0v) is 7.04. The highest BCUT2D eigenvalue weighted by molar-refractivity contribution is 5.34. The van der Waals surface area contributed by atoms with Crippen LogP contribution in [0.4, 0.5) is 8.78 Å². The van der Waals surface area contributed by atoms with Crippen LogP contribution in [0.15, 0.2) is 12.3 Å². The van der Waals surface area contributed by atoms with Gasteiger partial charge in [-0.05, 0) is 11.6 Å². The summed E-state index contributed by atoms with van der Waals surface area (Å²) in [5.74, 6) is 0. The molecule has 0 spiro atoms. The van der Waals surface area contributed by atoms with Gasteiger partial charge in [0.2, 0.25) is 0 Å². The number of nitrogens with zero attached hydrogens (tertiary/aromatic N) is 3. The molecule has 5 heteroatoms. The first-order valence-electron chi connectivity index (χ1n) is 3.73. The molecular weight excluding hydrogens is 188 g/mol. The summed E-state index contributed by atoms with van der Waals surface area (Å²) >= 11 is 0. The van der Waals surface area contributed by atoms with Gasteiger partial charge in [-0.15, -0.1) is 0 Å². The Morgan fingerprint density at radius 1 is 1.43 bits per heavy atom. The number of alkyl halides is 2. The third-order valence-corrected chi connectivity index (χ3v) is 1.61. The van der Waals surface area contributed by atoms with Crippen LogP contribution in [0.3, 0.4) is 0 Å². The summed E-state index contributed by atoms with van der Waals surface area (Å²) in [5.41, 5.74) is -0.133. The van der Waals surface area contributed by atoms with Gasteiger partial charge < -0.3 is 0 Å². The molecular formula is C9H5F2N3. The van der Waals surface area contributed by atoms with E-state index < -0.39 is 12.1 Å². The van der Waals surface area contributed by atoms with Gasteiger partial charge in [0.1, 0.15) is 11.8 Å². The van der Waals surface area contributed by atoms with Crippen molar-refractivity contribution in [1.29, 1.82) is 10.5 Å². The molecule has 14 heavy (non-hydrogen) atoms. The number of hydrogen-bond donors (Lipinski definition) is 0. The number of aromatic nitrogens is 1. The van der Waals surface area contributed by atoms with Gasteiger partial charge in [-0.25, -0.2) is 8.78 Å². The fourth-order valence-electron chi connectivity index (χ4n) is 1.01. The first kappa shape index (κ1) is 10.1. The average Bonchev–Trinajstić information content (AvgIpc) is 2.17. The van der Waals surface area contributed by atoms with Gasteiger partial charge in [0, 0.05) is 6.20 Å². The average molecular weight is 193 g/mol. The van der Waals surface area contributed by atoms with Crippen LogP contribution in [0, 0.1) is 22.7 Å². The Labute approximate surface area is 79.2 Å². The summed E-state index contributed by atoms with van der Waals surface area (Å²) < 4.78 is 24.7. The lowest BCUT2D eigenvalue weighted by molar-refractivity contribution is 0.145. The zero-order valence-electron chi connectivity index (χ0n) is 7.04. The molecule has 0 aromatic carbocycles. The van der Waals surface area contributed by atoms with Crippen molar-refractivity contribution in [3.63, 3.8) is 0 Å². The fraction of sp³-hybridized carbons (Fsp3) is 0.222. The standard InChI is InChI=1S/C9H5F2N3/c10-9(11)8-7(1-2-12)3-6(4-13)5-14-8/h3,5,9H,1H2. The van der Waals surface area contributed by atoms with Gasteiger partial charge in [-0.3, -0.25) is 4.98 Å². The molecule has 0 saturated carbocycles. The molecule has 0 bridgehead atoms. The maximum absolute atomic E-state index is 12.3. The number of rotatable bonds is 2. The monoisotopic (exact) mass is 193 g/mol. The van der Waals surface area contributed by atoms with Crippen LogP contribution in [0.25, 0.3) is 0 Å². The molecule has 0 aliphatic rings. The van der Waals surface area contributed by atoms with Gasteiger partial charge >= 0.3 is 0 Å². The first-order chi connectivity index (χ1) is 6.69. The van der Waals surface area contributed by atoms with E-state index >= 15 is 0 Å². The molecule has 0 aliphatic heterocycles. The normalized spacial score (nSPS) is 9.50. The third-order valence-electron chi connectivity index (χ3n) is 1.61. The topological polar surface area (TPSA) is 60.5 Å². The molecule has 0 radical (unpaired) electrons. The largest absolute Gasteiger partial charge is 0.280 e. The van der Waals surface area contributed by atoms with E-state index in [1.54, 1.807) is 12.1 Å². The molecule has 1 aromatic heterocycles. The predicted octanol–water partition coefficient (Wildman–Crippen LogP) is 1.96. The molecule has 0 aliphatic carbocycles. The van der Waals surface area contributed by atoms with Gasteiger partial charge in [0.05, 0.1) is 18.1 Å². The van der Waals surface area contributed by atoms with E-state index in [4.69, 9.17) is 10.5 Å². The summed E-state index contributed by atoms with van der Waals surface area (Å²) in [5, 5.41) is 16.9. The molecule has 0 saturated heterocycles. The van der Waals surface area contributed by atoms with Gasteiger partial charge in [-0.2, -0.15) is 10.5 Å². The van der Waals surface area contributed by atoms with Crippen LogP contribution in [-0.4, -0.2) is 4.98 Å². The lowest BCUT2D eigenvalue weighted by Gasteiger charge is -2.03. The van der Waals surface area contributed by atoms with Crippen LogP contribution in [0.1, 0.15) is 23.2 Å². The van der Waals surface area contributed by atoms with Crippen molar-refractivity contribution < 1.29 is 8.78 Å². The molecule has 0 fully saturated rings. The van der Waals surface area contributed by atoms with Gasteiger partial charge in [-0.1, -0.05) is 0 Å². The maximum Gasteiger partial charge on any atom is 0.280 e. The Bertz CT molecular complexity index is 415. The summed E-state index contributed by atoms with van der Waals surface area (Å²) in [4.78, 5) is 3.44. The van der Waals surface area contributed by atoms with Gasteiger partial charge in [0.15, 0.2) is 0 Å². The van der Waals surface area contributed by atoms with Crippen molar-refractivity contribution in [3.8, 4) is 12.1 Å². The van der Waals surface area contributed by atoms with E-state index in [0.29, 0.717) is 0 Å². The van der Waals surface area contributed by atoms with Gasteiger partial charge in [0.25, 0.3) is 6.43 Å². The Balaban J connectivity index is 3.20. The van der Waals surface area contributed by atoms with Crippen molar-refractivity contribution >= 4 is 0 Å². The van der Waals surface area contributed by atoms with E-state index in [1.165, 1.54) is 6.07 Å². The molecule has 1 aromatic rings. The van der Waals surface area contributed by atoms with Crippen molar-refractivity contribution in [2.45, 2.75) is 12.8 Å². The Hall–Kier alpha value is -2.01. The summed E-state index contributed by atoms with van der Waals surface area (Å²) in [6.07, 6.45) is -1.81. The molecule has 3 nitrogen and oxygen atoms in total. The Morgan fingerprint density at radius 3 is 2.64 bits per heavy atom. The third kappa shape index (κ3) is 2.02. The van der Waals surface area contributed by atoms with Crippen LogP contribution in [-0.2, 0) is 6.42 Å². The van der Waals surface area contributed by atoms with Crippen LogP contribution in [0.5, 0.6) is 0 Å². The van der Waals surface area contributed by atoms with Crippen molar-refractivity contribution in [2.75, 3.05) is 0 Å². The van der Waals surface area contributed by atoms with E-state index in [1.807, 2.05) is 0 Å².